The monoisotopic (exact) mass is 374 g/mol. The van der Waals surface area contributed by atoms with Crippen molar-refractivity contribution in [2.45, 2.75) is 12.7 Å². The van der Waals surface area contributed by atoms with Crippen molar-refractivity contribution >= 4 is 17.5 Å². The lowest BCUT2D eigenvalue weighted by molar-refractivity contribution is -0.137. The lowest BCUT2D eigenvalue weighted by Gasteiger charge is -2.11. The molecule has 0 aliphatic rings. The molecular weight excluding hydrogens is 357 g/mol. The van der Waals surface area contributed by atoms with Crippen LogP contribution in [0, 0.1) is 0 Å². The van der Waals surface area contributed by atoms with Crippen LogP contribution >= 0.6 is 0 Å². The number of halogens is 3. The van der Waals surface area contributed by atoms with Gasteiger partial charge in [-0.2, -0.15) is 18.2 Å². The molecule has 1 heterocycles. The molecule has 3 rings (SSSR count). The van der Waals surface area contributed by atoms with Crippen LogP contribution in [0.15, 0.2) is 60.8 Å². The van der Waals surface area contributed by atoms with E-state index < -0.39 is 11.7 Å². The molecule has 2 aromatic carbocycles. The normalized spacial score (nSPS) is 11.1. The van der Waals surface area contributed by atoms with Gasteiger partial charge in [-0.15, -0.1) is 0 Å². The Morgan fingerprint density at radius 2 is 1.81 bits per heavy atom. The van der Waals surface area contributed by atoms with Crippen LogP contribution in [0.4, 0.5) is 30.6 Å². The highest BCUT2D eigenvalue weighted by Crippen LogP contribution is 2.29. The third-order valence-corrected chi connectivity index (χ3v) is 3.73. The molecule has 27 heavy (non-hydrogen) atoms. The van der Waals surface area contributed by atoms with E-state index in [1.54, 1.807) is 37.6 Å². The molecule has 1 aromatic heterocycles. The van der Waals surface area contributed by atoms with Crippen molar-refractivity contribution < 1.29 is 17.9 Å². The Hall–Kier alpha value is -3.29. The molecule has 0 saturated heterocycles. The minimum absolute atomic E-state index is 0.211. The van der Waals surface area contributed by atoms with Gasteiger partial charge >= 0.3 is 6.18 Å². The summed E-state index contributed by atoms with van der Waals surface area (Å²) in [5.74, 6) is 1.60. The molecular formula is C19H17F3N4O. The number of hydrogen-bond acceptors (Lipinski definition) is 5. The highest BCUT2D eigenvalue weighted by Gasteiger charge is 2.30. The SMILES string of the molecule is COc1ccc(Nc2nccc(NCc3cccc(C(F)(F)F)c3)n2)cc1. The minimum atomic E-state index is -4.36. The summed E-state index contributed by atoms with van der Waals surface area (Å²) in [5.41, 5.74) is 0.616. The average molecular weight is 374 g/mol. The summed E-state index contributed by atoms with van der Waals surface area (Å²) < 4.78 is 43.4. The average Bonchev–Trinajstić information content (AvgIpc) is 2.67. The van der Waals surface area contributed by atoms with Crippen molar-refractivity contribution in [1.82, 2.24) is 9.97 Å². The Balaban J connectivity index is 1.65. The molecule has 0 aliphatic carbocycles. The molecule has 0 unspecified atom stereocenters. The number of alkyl halides is 3. The lowest BCUT2D eigenvalue weighted by atomic mass is 10.1. The van der Waals surface area contributed by atoms with E-state index in [1.807, 2.05) is 12.1 Å². The van der Waals surface area contributed by atoms with Crippen LogP contribution < -0.4 is 15.4 Å². The molecule has 2 N–H and O–H groups in total. The van der Waals surface area contributed by atoms with Crippen LogP contribution in [0.3, 0.4) is 0 Å². The topological polar surface area (TPSA) is 59.1 Å². The second-order valence-corrected chi connectivity index (χ2v) is 5.67. The van der Waals surface area contributed by atoms with Crippen LogP contribution in [-0.4, -0.2) is 17.1 Å². The van der Waals surface area contributed by atoms with E-state index >= 15 is 0 Å². The van der Waals surface area contributed by atoms with E-state index in [2.05, 4.69) is 20.6 Å². The maximum absolute atomic E-state index is 12.8. The van der Waals surface area contributed by atoms with Gasteiger partial charge in [0.2, 0.25) is 5.95 Å². The highest BCUT2D eigenvalue weighted by atomic mass is 19.4. The first-order valence-electron chi connectivity index (χ1n) is 8.08. The van der Waals surface area contributed by atoms with Crippen molar-refractivity contribution in [2.75, 3.05) is 17.7 Å². The van der Waals surface area contributed by atoms with Gasteiger partial charge in [0.05, 0.1) is 12.7 Å². The van der Waals surface area contributed by atoms with E-state index in [0.717, 1.165) is 23.6 Å². The summed E-state index contributed by atoms with van der Waals surface area (Å²) in [6, 6.07) is 14.1. The number of benzene rings is 2. The first-order valence-corrected chi connectivity index (χ1v) is 8.08. The van der Waals surface area contributed by atoms with E-state index in [0.29, 0.717) is 17.3 Å². The molecule has 0 aliphatic heterocycles. The standard InChI is InChI=1S/C19H17F3N4O/c1-27-16-7-5-15(6-8-16)25-18-23-10-9-17(26-18)24-12-13-3-2-4-14(11-13)19(20,21)22/h2-11H,12H2,1H3,(H2,23,24,25,26). The number of ether oxygens (including phenoxy) is 1. The number of rotatable bonds is 6. The molecule has 0 fully saturated rings. The summed E-state index contributed by atoms with van der Waals surface area (Å²) in [4.78, 5) is 8.45. The summed E-state index contributed by atoms with van der Waals surface area (Å²) in [5, 5.41) is 6.06. The lowest BCUT2D eigenvalue weighted by Crippen LogP contribution is -2.07. The summed E-state index contributed by atoms with van der Waals surface area (Å²) >= 11 is 0. The summed E-state index contributed by atoms with van der Waals surface area (Å²) in [6.07, 6.45) is -2.80. The van der Waals surface area contributed by atoms with Gasteiger partial charge in [0, 0.05) is 18.4 Å². The van der Waals surface area contributed by atoms with Crippen LogP contribution in [0.5, 0.6) is 5.75 Å². The van der Waals surface area contributed by atoms with Gasteiger partial charge in [-0.1, -0.05) is 12.1 Å². The van der Waals surface area contributed by atoms with E-state index in [9.17, 15) is 13.2 Å². The molecule has 5 nitrogen and oxygen atoms in total. The maximum Gasteiger partial charge on any atom is 0.416 e. The number of hydrogen-bond donors (Lipinski definition) is 2. The third-order valence-electron chi connectivity index (χ3n) is 3.73. The van der Waals surface area contributed by atoms with Crippen molar-refractivity contribution in [3.05, 3.63) is 71.9 Å². The molecule has 0 amide bonds. The Morgan fingerprint density at radius 1 is 1.04 bits per heavy atom. The van der Waals surface area contributed by atoms with Crippen molar-refractivity contribution in [3.8, 4) is 5.75 Å². The molecule has 0 atom stereocenters. The molecule has 0 saturated carbocycles. The molecule has 0 bridgehead atoms. The van der Waals surface area contributed by atoms with Gasteiger partial charge in [0.25, 0.3) is 0 Å². The predicted octanol–water partition coefficient (Wildman–Crippen LogP) is 4.86. The van der Waals surface area contributed by atoms with Gasteiger partial charge in [-0.05, 0) is 48.0 Å². The van der Waals surface area contributed by atoms with Gasteiger partial charge < -0.3 is 15.4 Å². The van der Waals surface area contributed by atoms with E-state index in [4.69, 9.17) is 4.74 Å². The maximum atomic E-state index is 12.8. The Morgan fingerprint density at radius 3 is 2.52 bits per heavy atom. The Labute approximate surface area is 154 Å². The number of nitrogens with one attached hydrogen (secondary N) is 2. The zero-order valence-corrected chi connectivity index (χ0v) is 14.4. The zero-order chi connectivity index (χ0) is 19.3. The molecule has 8 heteroatoms. The summed E-state index contributed by atoms with van der Waals surface area (Å²) in [6.45, 7) is 0.211. The number of aromatic nitrogens is 2. The smallest absolute Gasteiger partial charge is 0.416 e. The number of anilines is 3. The first-order chi connectivity index (χ1) is 12.9. The van der Waals surface area contributed by atoms with Gasteiger partial charge in [0.1, 0.15) is 11.6 Å². The zero-order valence-electron chi connectivity index (χ0n) is 14.4. The van der Waals surface area contributed by atoms with Crippen LogP contribution in [0.1, 0.15) is 11.1 Å². The molecule has 0 radical (unpaired) electrons. The van der Waals surface area contributed by atoms with Crippen molar-refractivity contribution in [3.63, 3.8) is 0 Å². The third kappa shape index (κ3) is 5.10. The number of nitrogens with zero attached hydrogens (tertiary/aromatic N) is 2. The molecule has 3 aromatic rings. The van der Waals surface area contributed by atoms with E-state index in [1.165, 1.54) is 6.07 Å². The highest BCUT2D eigenvalue weighted by molar-refractivity contribution is 5.55. The fourth-order valence-corrected chi connectivity index (χ4v) is 2.37. The van der Waals surface area contributed by atoms with E-state index in [-0.39, 0.29) is 6.54 Å². The van der Waals surface area contributed by atoms with Gasteiger partial charge in [-0.25, -0.2) is 4.98 Å². The van der Waals surface area contributed by atoms with Gasteiger partial charge in [-0.3, -0.25) is 0 Å². The van der Waals surface area contributed by atoms with Crippen LogP contribution in [0.2, 0.25) is 0 Å². The van der Waals surface area contributed by atoms with Gasteiger partial charge in [0.15, 0.2) is 0 Å². The van der Waals surface area contributed by atoms with Crippen molar-refractivity contribution in [2.24, 2.45) is 0 Å². The molecule has 0 spiro atoms. The first kappa shape index (κ1) is 18.5. The van der Waals surface area contributed by atoms with Crippen LogP contribution in [0.25, 0.3) is 0 Å². The predicted molar refractivity (Wildman–Crippen MR) is 97.1 cm³/mol. The van der Waals surface area contributed by atoms with Crippen molar-refractivity contribution in [1.29, 1.82) is 0 Å². The molecule has 140 valence electrons. The minimum Gasteiger partial charge on any atom is -0.497 e. The second-order valence-electron chi connectivity index (χ2n) is 5.67. The second kappa shape index (κ2) is 7.94. The summed E-state index contributed by atoms with van der Waals surface area (Å²) in [7, 11) is 1.59. The Bertz CT molecular complexity index is 898. The number of methoxy groups -OCH3 is 1. The largest absolute Gasteiger partial charge is 0.497 e. The fourth-order valence-electron chi connectivity index (χ4n) is 2.37. The van der Waals surface area contributed by atoms with Crippen LogP contribution in [-0.2, 0) is 12.7 Å². The quantitative estimate of drug-likeness (QED) is 0.645. The fraction of sp³-hybridized carbons (Fsp3) is 0.158. The Kier molecular flexibility index (Phi) is 5.44.